The van der Waals surface area contributed by atoms with Crippen molar-refractivity contribution in [2.75, 3.05) is 14.2 Å². The van der Waals surface area contributed by atoms with Crippen LogP contribution < -0.4 is 9.47 Å². The molecule has 0 N–H and O–H groups in total. The molecule has 0 saturated heterocycles. The molecule has 0 saturated carbocycles. The van der Waals surface area contributed by atoms with E-state index in [4.69, 9.17) is 30.6 Å². The Morgan fingerprint density at radius 1 is 1.08 bits per heavy atom. The van der Waals surface area contributed by atoms with Gasteiger partial charge in [-0.25, -0.2) is 4.52 Å². The summed E-state index contributed by atoms with van der Waals surface area (Å²) in [7, 11) is 3.19. The second-order valence-corrected chi connectivity index (χ2v) is 6.28. The summed E-state index contributed by atoms with van der Waals surface area (Å²) in [6, 6.07) is 9.62. The van der Waals surface area contributed by atoms with E-state index in [9.17, 15) is 0 Å². The minimum atomic E-state index is 0.493. The first kappa shape index (κ1) is 15.8. The first-order chi connectivity index (χ1) is 12.0. The molecule has 0 amide bonds. The highest BCUT2D eigenvalue weighted by Gasteiger charge is 2.23. The molecule has 0 radical (unpaired) electrons. The van der Waals surface area contributed by atoms with Crippen molar-refractivity contribution >= 4 is 28.0 Å². The van der Waals surface area contributed by atoms with Gasteiger partial charge >= 0.3 is 0 Å². The number of rotatable bonds is 3. The van der Waals surface area contributed by atoms with Crippen LogP contribution in [-0.4, -0.2) is 23.8 Å². The van der Waals surface area contributed by atoms with Crippen molar-refractivity contribution < 1.29 is 13.9 Å². The molecule has 3 aromatic heterocycles. The predicted octanol–water partition coefficient (Wildman–Crippen LogP) is 5.03. The first-order valence-electron chi connectivity index (χ1n) is 7.84. The van der Waals surface area contributed by atoms with Crippen LogP contribution in [0.1, 0.15) is 11.5 Å². The smallest absolute Gasteiger partial charge is 0.171 e. The lowest BCUT2D eigenvalue weighted by Gasteiger charge is -2.15. The van der Waals surface area contributed by atoms with Crippen LogP contribution in [0.5, 0.6) is 11.5 Å². The summed E-state index contributed by atoms with van der Waals surface area (Å²) in [4.78, 5) is 0. The number of aromatic nitrogens is 2. The third-order valence-corrected chi connectivity index (χ3v) is 4.62. The highest BCUT2D eigenvalue weighted by Crippen LogP contribution is 2.45. The standard InChI is InChI=1S/C19H17ClN2O3/c1-10-5-7-13-16(14-8-6-11(2)25-14)17-18(21-22(10)13)12(20)9-15(23-3)19(17)24-4/h5-9H,1-4H3. The van der Waals surface area contributed by atoms with Crippen molar-refractivity contribution in [3.8, 4) is 22.8 Å². The predicted molar refractivity (Wildman–Crippen MR) is 98.0 cm³/mol. The number of hydrogen-bond donors (Lipinski definition) is 0. The second kappa shape index (κ2) is 5.70. The number of hydrogen-bond acceptors (Lipinski definition) is 4. The van der Waals surface area contributed by atoms with Gasteiger partial charge in [-0.3, -0.25) is 0 Å². The van der Waals surface area contributed by atoms with E-state index in [1.54, 1.807) is 20.3 Å². The molecule has 0 aliphatic rings. The molecule has 25 heavy (non-hydrogen) atoms. The van der Waals surface area contributed by atoms with Crippen LogP contribution in [-0.2, 0) is 0 Å². The normalized spacial score (nSPS) is 11.4. The molecule has 0 bridgehead atoms. The van der Waals surface area contributed by atoms with Gasteiger partial charge in [0, 0.05) is 11.8 Å². The van der Waals surface area contributed by atoms with Gasteiger partial charge in [-0.15, -0.1) is 0 Å². The van der Waals surface area contributed by atoms with Gasteiger partial charge in [0.25, 0.3) is 0 Å². The van der Waals surface area contributed by atoms with Crippen LogP contribution in [0.3, 0.4) is 0 Å². The van der Waals surface area contributed by atoms with Crippen molar-refractivity contribution in [2.45, 2.75) is 13.8 Å². The number of ether oxygens (including phenoxy) is 2. The monoisotopic (exact) mass is 356 g/mol. The van der Waals surface area contributed by atoms with E-state index < -0.39 is 0 Å². The summed E-state index contributed by atoms with van der Waals surface area (Å²) in [6.45, 7) is 3.91. The Labute approximate surface area is 149 Å². The van der Waals surface area contributed by atoms with Gasteiger partial charge in [-0.2, -0.15) is 5.10 Å². The second-order valence-electron chi connectivity index (χ2n) is 5.87. The molecule has 4 rings (SSSR count). The van der Waals surface area contributed by atoms with E-state index in [-0.39, 0.29) is 0 Å². The Hall–Kier alpha value is -2.66. The van der Waals surface area contributed by atoms with Crippen molar-refractivity contribution in [3.05, 3.63) is 46.8 Å². The van der Waals surface area contributed by atoms with Crippen LogP contribution >= 0.6 is 11.6 Å². The largest absolute Gasteiger partial charge is 0.493 e. The lowest BCUT2D eigenvalue weighted by molar-refractivity contribution is 0.358. The summed E-state index contributed by atoms with van der Waals surface area (Å²) in [5.74, 6) is 2.70. The number of nitrogens with zero attached hydrogens (tertiary/aromatic N) is 2. The maximum Gasteiger partial charge on any atom is 0.171 e. The van der Waals surface area contributed by atoms with Crippen molar-refractivity contribution in [1.82, 2.24) is 9.61 Å². The molecule has 0 spiro atoms. The molecule has 0 fully saturated rings. The van der Waals surface area contributed by atoms with Gasteiger partial charge in [0.05, 0.1) is 35.7 Å². The van der Waals surface area contributed by atoms with Gasteiger partial charge in [0.1, 0.15) is 17.0 Å². The zero-order chi connectivity index (χ0) is 17.7. The Kier molecular flexibility index (Phi) is 3.62. The summed E-state index contributed by atoms with van der Waals surface area (Å²) < 4.78 is 18.9. The van der Waals surface area contributed by atoms with Crippen molar-refractivity contribution in [3.63, 3.8) is 0 Å². The Bertz CT molecular complexity index is 1110. The molecule has 4 aromatic rings. The number of aryl methyl sites for hydroxylation is 2. The molecule has 1 aromatic carbocycles. The topological polar surface area (TPSA) is 48.9 Å². The zero-order valence-electron chi connectivity index (χ0n) is 14.4. The van der Waals surface area contributed by atoms with Crippen LogP contribution in [0, 0.1) is 13.8 Å². The molecule has 0 aliphatic heterocycles. The molecule has 0 unspecified atom stereocenters. The minimum absolute atomic E-state index is 0.493. The van der Waals surface area contributed by atoms with Gasteiger partial charge in [0.15, 0.2) is 11.5 Å². The number of benzene rings is 1. The molecular weight excluding hydrogens is 340 g/mol. The number of methoxy groups -OCH3 is 2. The van der Waals surface area contributed by atoms with E-state index >= 15 is 0 Å². The highest BCUT2D eigenvalue weighted by atomic mass is 35.5. The number of furan rings is 1. The Balaban J connectivity index is 2.29. The summed E-state index contributed by atoms with van der Waals surface area (Å²) in [5, 5.41) is 5.98. The van der Waals surface area contributed by atoms with Gasteiger partial charge in [-0.05, 0) is 38.1 Å². The molecule has 6 heteroatoms. The number of halogens is 1. The molecule has 0 aliphatic carbocycles. The molecule has 5 nitrogen and oxygen atoms in total. The highest BCUT2D eigenvalue weighted by molar-refractivity contribution is 6.36. The number of fused-ring (bicyclic) bond motifs is 2. The maximum atomic E-state index is 6.51. The van der Waals surface area contributed by atoms with Crippen LogP contribution in [0.15, 0.2) is 34.7 Å². The van der Waals surface area contributed by atoms with Crippen molar-refractivity contribution in [2.24, 2.45) is 0 Å². The van der Waals surface area contributed by atoms with E-state index in [1.807, 2.05) is 42.6 Å². The third kappa shape index (κ3) is 2.27. The summed E-state index contributed by atoms with van der Waals surface area (Å²) in [6.07, 6.45) is 0. The third-order valence-electron chi connectivity index (χ3n) is 4.33. The molecule has 0 atom stereocenters. The minimum Gasteiger partial charge on any atom is -0.493 e. The van der Waals surface area contributed by atoms with E-state index in [0.29, 0.717) is 22.0 Å². The lowest BCUT2D eigenvalue weighted by Crippen LogP contribution is -2.01. The quantitative estimate of drug-likeness (QED) is 0.516. The van der Waals surface area contributed by atoms with E-state index in [0.717, 1.165) is 33.7 Å². The van der Waals surface area contributed by atoms with Gasteiger partial charge in [0.2, 0.25) is 0 Å². The molecule has 3 heterocycles. The van der Waals surface area contributed by atoms with E-state index in [1.165, 1.54) is 0 Å². The average molecular weight is 357 g/mol. The fourth-order valence-corrected chi connectivity index (χ4v) is 3.41. The summed E-state index contributed by atoms with van der Waals surface area (Å²) in [5.41, 5.74) is 3.44. The summed E-state index contributed by atoms with van der Waals surface area (Å²) >= 11 is 6.51. The fourth-order valence-electron chi connectivity index (χ4n) is 3.18. The average Bonchev–Trinajstić information content (AvgIpc) is 3.19. The van der Waals surface area contributed by atoms with Gasteiger partial charge in [-0.1, -0.05) is 11.6 Å². The van der Waals surface area contributed by atoms with Crippen LogP contribution in [0.4, 0.5) is 0 Å². The fraction of sp³-hybridized carbons (Fsp3) is 0.211. The van der Waals surface area contributed by atoms with E-state index in [2.05, 4.69) is 0 Å². The van der Waals surface area contributed by atoms with Crippen LogP contribution in [0.25, 0.3) is 27.7 Å². The first-order valence-corrected chi connectivity index (χ1v) is 8.22. The zero-order valence-corrected chi connectivity index (χ0v) is 15.1. The lowest BCUT2D eigenvalue weighted by atomic mass is 10.0. The van der Waals surface area contributed by atoms with Crippen LogP contribution in [0.2, 0.25) is 5.02 Å². The SMILES string of the molecule is COc1cc(Cl)c2nn3c(C)ccc3c(-c3ccc(C)o3)c2c1OC. The Morgan fingerprint density at radius 2 is 1.88 bits per heavy atom. The maximum absolute atomic E-state index is 6.51. The Morgan fingerprint density at radius 3 is 2.52 bits per heavy atom. The van der Waals surface area contributed by atoms with Crippen molar-refractivity contribution in [1.29, 1.82) is 0 Å². The van der Waals surface area contributed by atoms with Gasteiger partial charge < -0.3 is 13.9 Å². The molecule has 128 valence electrons. The molecular formula is C19H17ClN2O3.